The van der Waals surface area contributed by atoms with E-state index < -0.39 is 11.8 Å². The number of anilines is 1. The van der Waals surface area contributed by atoms with Crippen LogP contribution in [0.2, 0.25) is 0 Å². The van der Waals surface area contributed by atoms with Gasteiger partial charge in [0.2, 0.25) is 0 Å². The van der Waals surface area contributed by atoms with Crippen LogP contribution in [0.4, 0.5) is 10.1 Å². The first-order valence-electron chi connectivity index (χ1n) is 5.42. The van der Waals surface area contributed by atoms with Crippen molar-refractivity contribution in [3.8, 4) is 0 Å². The number of rotatable bonds is 6. The summed E-state index contributed by atoms with van der Waals surface area (Å²) in [7, 11) is 0. The quantitative estimate of drug-likeness (QED) is 0.731. The van der Waals surface area contributed by atoms with E-state index in [0.717, 1.165) is 19.3 Å². The highest BCUT2D eigenvalue weighted by Gasteiger charge is 2.07. The van der Waals surface area contributed by atoms with E-state index in [1.807, 2.05) is 0 Å². The third-order valence-electron chi connectivity index (χ3n) is 2.31. The van der Waals surface area contributed by atoms with Crippen molar-refractivity contribution in [3.05, 3.63) is 29.6 Å². The van der Waals surface area contributed by atoms with Gasteiger partial charge < -0.3 is 10.4 Å². The summed E-state index contributed by atoms with van der Waals surface area (Å²) in [4.78, 5) is 10.7. The van der Waals surface area contributed by atoms with Crippen LogP contribution >= 0.6 is 0 Å². The zero-order valence-electron chi connectivity index (χ0n) is 9.29. The molecule has 1 rings (SSSR count). The van der Waals surface area contributed by atoms with Gasteiger partial charge in [0.25, 0.3) is 0 Å². The minimum absolute atomic E-state index is 0.0967. The van der Waals surface area contributed by atoms with Gasteiger partial charge in [-0.1, -0.05) is 19.8 Å². The molecular weight excluding hydrogens is 209 g/mol. The Balaban J connectivity index is 2.63. The lowest BCUT2D eigenvalue weighted by Crippen LogP contribution is -2.05. The first kappa shape index (κ1) is 12.5. The highest BCUT2D eigenvalue weighted by molar-refractivity contribution is 5.88. The molecule has 0 atom stereocenters. The molecular formula is C12H16FNO2. The minimum Gasteiger partial charge on any atom is -0.478 e. The molecule has 4 heteroatoms. The molecule has 1 aromatic carbocycles. The third kappa shape index (κ3) is 3.53. The fraction of sp³-hybridized carbons (Fsp3) is 0.417. The fourth-order valence-electron chi connectivity index (χ4n) is 1.39. The van der Waals surface area contributed by atoms with Crippen LogP contribution in [0.3, 0.4) is 0 Å². The van der Waals surface area contributed by atoms with Crippen LogP contribution < -0.4 is 5.32 Å². The van der Waals surface area contributed by atoms with E-state index in [4.69, 9.17) is 5.11 Å². The Morgan fingerprint density at radius 3 is 2.81 bits per heavy atom. The lowest BCUT2D eigenvalue weighted by molar-refractivity contribution is 0.0697. The van der Waals surface area contributed by atoms with Crippen molar-refractivity contribution in [2.45, 2.75) is 26.2 Å². The molecule has 0 radical (unpaired) electrons. The molecule has 88 valence electrons. The van der Waals surface area contributed by atoms with E-state index in [2.05, 4.69) is 12.2 Å². The van der Waals surface area contributed by atoms with Crippen molar-refractivity contribution >= 4 is 11.7 Å². The van der Waals surface area contributed by atoms with Crippen molar-refractivity contribution in [1.29, 1.82) is 0 Å². The highest BCUT2D eigenvalue weighted by Crippen LogP contribution is 2.16. The van der Waals surface area contributed by atoms with Gasteiger partial charge in [-0.15, -0.1) is 0 Å². The molecule has 3 nitrogen and oxygen atoms in total. The van der Waals surface area contributed by atoms with Crippen LogP contribution in [0.15, 0.2) is 18.2 Å². The second kappa shape index (κ2) is 6.10. The van der Waals surface area contributed by atoms with Crippen LogP contribution in [0.1, 0.15) is 36.5 Å². The van der Waals surface area contributed by atoms with Gasteiger partial charge in [0.05, 0.1) is 11.3 Å². The van der Waals surface area contributed by atoms with Gasteiger partial charge in [-0.25, -0.2) is 9.18 Å². The molecule has 2 N–H and O–H groups in total. The number of nitrogens with one attached hydrogen (secondary N) is 1. The predicted molar refractivity (Wildman–Crippen MR) is 61.4 cm³/mol. The molecule has 0 saturated carbocycles. The first-order valence-corrected chi connectivity index (χ1v) is 5.42. The van der Waals surface area contributed by atoms with Crippen LogP contribution in [0.5, 0.6) is 0 Å². The average molecular weight is 225 g/mol. The van der Waals surface area contributed by atoms with Gasteiger partial charge in [0, 0.05) is 6.54 Å². The van der Waals surface area contributed by atoms with E-state index in [9.17, 15) is 9.18 Å². The number of carboxylic acid groups (broad SMARTS) is 1. The van der Waals surface area contributed by atoms with Crippen molar-refractivity contribution in [2.75, 3.05) is 11.9 Å². The van der Waals surface area contributed by atoms with Crippen molar-refractivity contribution in [2.24, 2.45) is 0 Å². The number of hydrogen-bond donors (Lipinski definition) is 2. The van der Waals surface area contributed by atoms with Crippen LogP contribution in [-0.2, 0) is 0 Å². The van der Waals surface area contributed by atoms with Crippen LogP contribution in [0, 0.1) is 5.82 Å². The number of carbonyl (C=O) groups is 1. The lowest BCUT2D eigenvalue weighted by atomic mass is 10.2. The molecule has 0 aromatic heterocycles. The smallest absolute Gasteiger partial charge is 0.335 e. The summed E-state index contributed by atoms with van der Waals surface area (Å²) >= 11 is 0. The standard InChI is InChI=1S/C12H16FNO2/c1-2-3-4-7-14-11-8-9(12(15)16)5-6-10(11)13/h5-6,8,14H,2-4,7H2,1H3,(H,15,16). The second-order valence-electron chi connectivity index (χ2n) is 3.63. The maximum atomic E-state index is 13.3. The summed E-state index contributed by atoms with van der Waals surface area (Å²) in [6.07, 6.45) is 3.12. The van der Waals surface area contributed by atoms with Gasteiger partial charge in [-0.2, -0.15) is 0 Å². The maximum absolute atomic E-state index is 13.3. The summed E-state index contributed by atoms with van der Waals surface area (Å²) in [6, 6.07) is 3.75. The lowest BCUT2D eigenvalue weighted by Gasteiger charge is -2.07. The number of halogens is 1. The summed E-state index contributed by atoms with van der Waals surface area (Å²) < 4.78 is 13.3. The molecule has 0 aliphatic carbocycles. The number of hydrogen-bond acceptors (Lipinski definition) is 2. The normalized spacial score (nSPS) is 10.1. The maximum Gasteiger partial charge on any atom is 0.335 e. The SMILES string of the molecule is CCCCCNc1cc(C(=O)O)ccc1F. The Morgan fingerprint density at radius 1 is 1.44 bits per heavy atom. The number of aromatic carboxylic acids is 1. The molecule has 0 spiro atoms. The topological polar surface area (TPSA) is 49.3 Å². The van der Waals surface area contributed by atoms with Crippen LogP contribution in [0.25, 0.3) is 0 Å². The molecule has 0 fully saturated rings. The zero-order valence-corrected chi connectivity index (χ0v) is 9.29. The molecule has 16 heavy (non-hydrogen) atoms. The molecule has 0 heterocycles. The van der Waals surface area contributed by atoms with E-state index in [-0.39, 0.29) is 11.3 Å². The Morgan fingerprint density at radius 2 is 2.19 bits per heavy atom. The van der Waals surface area contributed by atoms with Crippen molar-refractivity contribution in [3.63, 3.8) is 0 Å². The van der Waals surface area contributed by atoms with E-state index in [1.54, 1.807) is 0 Å². The largest absolute Gasteiger partial charge is 0.478 e. The van der Waals surface area contributed by atoms with E-state index in [0.29, 0.717) is 6.54 Å². The molecule has 0 amide bonds. The zero-order chi connectivity index (χ0) is 12.0. The number of benzene rings is 1. The molecule has 0 saturated heterocycles. The first-order chi connectivity index (χ1) is 7.65. The van der Waals surface area contributed by atoms with E-state index >= 15 is 0 Å². The fourth-order valence-corrected chi connectivity index (χ4v) is 1.39. The molecule has 0 bridgehead atoms. The van der Waals surface area contributed by atoms with E-state index in [1.165, 1.54) is 18.2 Å². The van der Waals surface area contributed by atoms with Gasteiger partial charge in [0.15, 0.2) is 0 Å². The van der Waals surface area contributed by atoms with Gasteiger partial charge >= 0.3 is 5.97 Å². The Bertz CT molecular complexity index is 366. The number of carboxylic acids is 1. The molecule has 0 aliphatic heterocycles. The van der Waals surface area contributed by atoms with Gasteiger partial charge in [0.1, 0.15) is 5.82 Å². The Hall–Kier alpha value is -1.58. The Kier molecular flexibility index (Phi) is 4.76. The monoisotopic (exact) mass is 225 g/mol. The summed E-state index contributed by atoms with van der Waals surface area (Å²) in [5.74, 6) is -1.46. The predicted octanol–water partition coefficient (Wildman–Crippen LogP) is 3.13. The minimum atomic E-state index is -1.04. The highest BCUT2D eigenvalue weighted by atomic mass is 19.1. The van der Waals surface area contributed by atoms with Gasteiger partial charge in [-0.3, -0.25) is 0 Å². The molecule has 0 unspecified atom stereocenters. The third-order valence-corrected chi connectivity index (χ3v) is 2.31. The average Bonchev–Trinajstić information content (AvgIpc) is 2.26. The molecule has 1 aromatic rings. The summed E-state index contributed by atoms with van der Waals surface area (Å²) in [6.45, 7) is 2.75. The molecule has 0 aliphatic rings. The Labute approximate surface area is 94.3 Å². The van der Waals surface area contributed by atoms with Crippen molar-refractivity contribution in [1.82, 2.24) is 0 Å². The summed E-state index contributed by atoms with van der Waals surface area (Å²) in [5.41, 5.74) is 0.357. The second-order valence-corrected chi connectivity index (χ2v) is 3.63. The van der Waals surface area contributed by atoms with Gasteiger partial charge in [-0.05, 0) is 24.6 Å². The van der Waals surface area contributed by atoms with Crippen LogP contribution in [-0.4, -0.2) is 17.6 Å². The number of unbranched alkanes of at least 4 members (excludes halogenated alkanes) is 2. The van der Waals surface area contributed by atoms with Crippen molar-refractivity contribution < 1.29 is 14.3 Å². The summed E-state index contributed by atoms with van der Waals surface area (Å²) in [5, 5.41) is 11.7.